The second kappa shape index (κ2) is 3.77. The third kappa shape index (κ3) is 1.71. The van der Waals surface area contributed by atoms with Gasteiger partial charge in [0.15, 0.2) is 0 Å². The molecule has 2 aromatic rings. The number of halogens is 1. The summed E-state index contributed by atoms with van der Waals surface area (Å²) in [6.45, 7) is 1.84. The number of furan rings is 1. The number of aliphatic hydroxyl groups excluding tert-OH is 1. The first-order valence-corrected chi connectivity index (χ1v) is 5.41. The average Bonchev–Trinajstić information content (AvgIpc) is 2.73. The molecule has 0 fully saturated rings. The molecule has 0 amide bonds. The molecule has 2 nitrogen and oxygen atoms in total. The van der Waals surface area contributed by atoms with Crippen LogP contribution in [0.1, 0.15) is 23.2 Å². The molecule has 4 heteroatoms. The fourth-order valence-corrected chi connectivity index (χ4v) is 2.22. The van der Waals surface area contributed by atoms with E-state index in [1.807, 2.05) is 18.4 Å². The van der Waals surface area contributed by atoms with Crippen molar-refractivity contribution in [1.82, 2.24) is 0 Å². The standard InChI is InChI=1S/C10H9ClO2S/c1-6-2-3-8(13-6)9(12)7-4-5-14-10(7)11/h2-5,9,12H,1H3. The van der Waals surface area contributed by atoms with Gasteiger partial charge >= 0.3 is 0 Å². The van der Waals surface area contributed by atoms with Gasteiger partial charge in [-0.1, -0.05) is 11.6 Å². The third-order valence-corrected chi connectivity index (χ3v) is 3.17. The molecule has 0 saturated heterocycles. The number of hydrogen-bond donors (Lipinski definition) is 1. The Kier molecular flexibility index (Phi) is 2.63. The summed E-state index contributed by atoms with van der Waals surface area (Å²) in [6, 6.07) is 5.38. The first-order valence-electron chi connectivity index (χ1n) is 4.16. The van der Waals surface area contributed by atoms with E-state index in [1.165, 1.54) is 11.3 Å². The van der Waals surface area contributed by atoms with Crippen LogP contribution in [0.4, 0.5) is 0 Å². The summed E-state index contributed by atoms with van der Waals surface area (Å²) >= 11 is 7.31. The van der Waals surface area contributed by atoms with Crippen molar-refractivity contribution in [3.8, 4) is 0 Å². The SMILES string of the molecule is Cc1ccc(C(O)c2ccsc2Cl)o1. The third-order valence-electron chi connectivity index (χ3n) is 1.97. The van der Waals surface area contributed by atoms with Gasteiger partial charge in [0.1, 0.15) is 17.6 Å². The van der Waals surface area contributed by atoms with Crippen molar-refractivity contribution in [2.24, 2.45) is 0 Å². The molecule has 0 radical (unpaired) electrons. The highest BCUT2D eigenvalue weighted by Gasteiger charge is 2.17. The van der Waals surface area contributed by atoms with Gasteiger partial charge in [-0.05, 0) is 30.5 Å². The lowest BCUT2D eigenvalue weighted by Crippen LogP contribution is -1.96. The topological polar surface area (TPSA) is 33.4 Å². The van der Waals surface area contributed by atoms with Gasteiger partial charge in [0.05, 0.1) is 4.34 Å². The van der Waals surface area contributed by atoms with Crippen molar-refractivity contribution in [3.63, 3.8) is 0 Å². The Morgan fingerprint density at radius 2 is 2.21 bits per heavy atom. The minimum absolute atomic E-state index is 0.530. The quantitative estimate of drug-likeness (QED) is 0.855. The molecule has 0 aliphatic heterocycles. The molecule has 0 aliphatic carbocycles. The molecule has 0 aromatic carbocycles. The summed E-state index contributed by atoms with van der Waals surface area (Å²) in [6.07, 6.45) is -0.762. The minimum atomic E-state index is -0.762. The summed E-state index contributed by atoms with van der Waals surface area (Å²) in [4.78, 5) is 0. The van der Waals surface area contributed by atoms with Gasteiger partial charge in [-0.3, -0.25) is 0 Å². The van der Waals surface area contributed by atoms with E-state index in [1.54, 1.807) is 12.1 Å². The maximum absolute atomic E-state index is 9.90. The molecule has 1 atom stereocenters. The summed E-state index contributed by atoms with van der Waals surface area (Å²) in [5.41, 5.74) is 0.700. The maximum atomic E-state index is 9.90. The van der Waals surface area contributed by atoms with Crippen molar-refractivity contribution in [1.29, 1.82) is 0 Å². The molecular weight excluding hydrogens is 220 g/mol. The fourth-order valence-electron chi connectivity index (χ4n) is 1.25. The van der Waals surface area contributed by atoms with Crippen molar-refractivity contribution >= 4 is 22.9 Å². The Morgan fingerprint density at radius 1 is 1.43 bits per heavy atom. The van der Waals surface area contributed by atoms with Crippen molar-refractivity contribution in [3.05, 3.63) is 45.0 Å². The summed E-state index contributed by atoms with van der Waals surface area (Å²) < 4.78 is 5.92. The summed E-state index contributed by atoms with van der Waals surface area (Å²) in [7, 11) is 0. The average molecular weight is 229 g/mol. The zero-order chi connectivity index (χ0) is 10.1. The van der Waals surface area contributed by atoms with Gasteiger partial charge in [-0.15, -0.1) is 11.3 Å². The molecule has 0 spiro atoms. The van der Waals surface area contributed by atoms with Crippen LogP contribution in [0.5, 0.6) is 0 Å². The molecule has 0 aliphatic rings. The van der Waals surface area contributed by atoms with Crippen LogP contribution < -0.4 is 0 Å². The Labute approximate surface area is 90.8 Å². The van der Waals surface area contributed by atoms with Crippen LogP contribution in [0, 0.1) is 6.92 Å². The maximum Gasteiger partial charge on any atom is 0.139 e. The van der Waals surface area contributed by atoms with E-state index in [-0.39, 0.29) is 0 Å². The van der Waals surface area contributed by atoms with E-state index in [0.717, 1.165) is 5.76 Å². The van der Waals surface area contributed by atoms with Crippen LogP contribution in [-0.4, -0.2) is 5.11 Å². The summed E-state index contributed by atoms with van der Waals surface area (Å²) in [5, 5.41) is 11.7. The van der Waals surface area contributed by atoms with Crippen molar-refractivity contribution < 1.29 is 9.52 Å². The molecule has 1 unspecified atom stereocenters. The van der Waals surface area contributed by atoms with Crippen LogP contribution in [0.25, 0.3) is 0 Å². The van der Waals surface area contributed by atoms with Gasteiger partial charge in [0.2, 0.25) is 0 Å². The molecule has 0 saturated carbocycles. The Hall–Kier alpha value is -0.770. The first-order chi connectivity index (χ1) is 6.68. The van der Waals surface area contributed by atoms with Gasteiger partial charge in [0, 0.05) is 5.56 Å². The predicted molar refractivity (Wildman–Crippen MR) is 56.8 cm³/mol. The van der Waals surface area contributed by atoms with Crippen LogP contribution in [0.3, 0.4) is 0 Å². The Morgan fingerprint density at radius 3 is 2.71 bits per heavy atom. The Bertz CT molecular complexity index is 433. The largest absolute Gasteiger partial charge is 0.463 e. The first kappa shape index (κ1) is 9.77. The van der Waals surface area contributed by atoms with E-state index < -0.39 is 6.10 Å². The highest BCUT2D eigenvalue weighted by atomic mass is 35.5. The number of hydrogen-bond acceptors (Lipinski definition) is 3. The summed E-state index contributed by atoms with van der Waals surface area (Å²) in [5.74, 6) is 1.31. The van der Waals surface area contributed by atoms with E-state index in [0.29, 0.717) is 15.7 Å². The highest BCUT2D eigenvalue weighted by molar-refractivity contribution is 7.14. The van der Waals surface area contributed by atoms with E-state index >= 15 is 0 Å². The molecular formula is C10H9ClO2S. The highest BCUT2D eigenvalue weighted by Crippen LogP contribution is 2.32. The van der Waals surface area contributed by atoms with Gasteiger partial charge in [-0.25, -0.2) is 0 Å². The minimum Gasteiger partial charge on any atom is -0.463 e. The molecule has 74 valence electrons. The van der Waals surface area contributed by atoms with Gasteiger partial charge < -0.3 is 9.52 Å². The fraction of sp³-hybridized carbons (Fsp3) is 0.200. The molecule has 1 N–H and O–H groups in total. The number of rotatable bonds is 2. The molecule has 2 rings (SSSR count). The lowest BCUT2D eigenvalue weighted by atomic mass is 10.1. The van der Waals surface area contributed by atoms with E-state index in [4.69, 9.17) is 16.0 Å². The van der Waals surface area contributed by atoms with E-state index in [9.17, 15) is 5.11 Å². The molecule has 0 bridgehead atoms. The van der Waals surface area contributed by atoms with Gasteiger partial charge in [-0.2, -0.15) is 0 Å². The van der Waals surface area contributed by atoms with Crippen molar-refractivity contribution in [2.45, 2.75) is 13.0 Å². The lowest BCUT2D eigenvalue weighted by molar-refractivity contribution is 0.188. The smallest absolute Gasteiger partial charge is 0.139 e. The number of aryl methyl sites for hydroxylation is 1. The lowest BCUT2D eigenvalue weighted by Gasteiger charge is -2.05. The predicted octanol–water partition coefficient (Wildman–Crippen LogP) is 3.38. The van der Waals surface area contributed by atoms with Crippen LogP contribution >= 0.6 is 22.9 Å². The van der Waals surface area contributed by atoms with Crippen LogP contribution in [0.2, 0.25) is 4.34 Å². The zero-order valence-corrected chi connectivity index (χ0v) is 9.10. The number of thiophene rings is 1. The second-order valence-electron chi connectivity index (χ2n) is 3.00. The second-order valence-corrected chi connectivity index (χ2v) is 4.52. The van der Waals surface area contributed by atoms with Crippen LogP contribution in [-0.2, 0) is 0 Å². The number of aliphatic hydroxyl groups is 1. The molecule has 2 aromatic heterocycles. The molecule has 2 heterocycles. The Balaban J connectivity index is 2.33. The monoisotopic (exact) mass is 228 g/mol. The van der Waals surface area contributed by atoms with E-state index in [2.05, 4.69) is 0 Å². The molecule has 14 heavy (non-hydrogen) atoms. The van der Waals surface area contributed by atoms with Crippen molar-refractivity contribution in [2.75, 3.05) is 0 Å². The van der Waals surface area contributed by atoms with Gasteiger partial charge in [0.25, 0.3) is 0 Å². The normalized spacial score (nSPS) is 13.1. The van der Waals surface area contributed by atoms with Crippen LogP contribution in [0.15, 0.2) is 28.0 Å². The zero-order valence-electron chi connectivity index (χ0n) is 7.53.